The lowest BCUT2D eigenvalue weighted by molar-refractivity contribution is -0.387. The maximum absolute atomic E-state index is 13.5. The highest BCUT2D eigenvalue weighted by atomic mass is 19.1. The number of carbonyl (C=O) groups is 2. The fraction of sp³-hybridized carbons (Fsp3) is 0.385. The Balaban J connectivity index is 3.07. The standard InChI is InChI=1S/C13H15FN2O5/c1-3-13(4-2,12(18)19)15-11(17)8-5-6-10(16(20)21)9(14)7-8/h5-7H,3-4H2,1-2H3,(H,15,17)(H,18,19). The number of carboxylic acids is 1. The van der Waals surface area contributed by atoms with Crippen molar-refractivity contribution in [2.45, 2.75) is 32.2 Å². The van der Waals surface area contributed by atoms with Gasteiger partial charge < -0.3 is 10.4 Å². The van der Waals surface area contributed by atoms with E-state index in [1.165, 1.54) is 0 Å². The van der Waals surface area contributed by atoms with Gasteiger partial charge in [-0.2, -0.15) is 4.39 Å². The van der Waals surface area contributed by atoms with Crippen molar-refractivity contribution in [2.75, 3.05) is 0 Å². The van der Waals surface area contributed by atoms with E-state index in [0.717, 1.165) is 12.1 Å². The van der Waals surface area contributed by atoms with Gasteiger partial charge in [-0.3, -0.25) is 14.9 Å². The molecule has 0 saturated carbocycles. The number of nitro benzene ring substituents is 1. The van der Waals surface area contributed by atoms with Gasteiger partial charge in [-0.15, -0.1) is 0 Å². The van der Waals surface area contributed by atoms with Crippen LogP contribution in [0.2, 0.25) is 0 Å². The minimum atomic E-state index is -1.45. The highest BCUT2D eigenvalue weighted by molar-refractivity contribution is 5.98. The summed E-state index contributed by atoms with van der Waals surface area (Å²) in [6.07, 6.45) is 0.306. The van der Waals surface area contributed by atoms with Gasteiger partial charge in [0.05, 0.1) is 4.92 Å². The van der Waals surface area contributed by atoms with Crippen LogP contribution in [-0.2, 0) is 4.79 Å². The molecule has 0 aliphatic rings. The number of rotatable bonds is 6. The topological polar surface area (TPSA) is 110 Å². The Morgan fingerprint density at radius 1 is 1.38 bits per heavy atom. The number of aliphatic carboxylic acids is 1. The molecule has 1 aromatic rings. The van der Waals surface area contributed by atoms with Crippen molar-refractivity contribution in [1.82, 2.24) is 5.32 Å². The lowest BCUT2D eigenvalue weighted by atomic mass is 9.92. The molecule has 8 heteroatoms. The molecule has 1 rings (SSSR count). The van der Waals surface area contributed by atoms with Crippen LogP contribution in [0.3, 0.4) is 0 Å². The molecule has 0 unspecified atom stereocenters. The van der Waals surface area contributed by atoms with Crippen molar-refractivity contribution in [1.29, 1.82) is 0 Å². The lowest BCUT2D eigenvalue weighted by Crippen LogP contribution is -2.53. The van der Waals surface area contributed by atoms with Crippen LogP contribution in [0, 0.1) is 15.9 Å². The quantitative estimate of drug-likeness (QED) is 0.617. The van der Waals surface area contributed by atoms with Gasteiger partial charge in [-0.25, -0.2) is 4.79 Å². The molecule has 0 spiro atoms. The molecule has 0 bridgehead atoms. The third kappa shape index (κ3) is 3.33. The SMILES string of the molecule is CCC(CC)(NC(=O)c1ccc([N+](=O)[O-])c(F)c1)C(=O)O. The molecule has 0 fully saturated rings. The Labute approximate surface area is 119 Å². The summed E-state index contributed by atoms with van der Waals surface area (Å²) in [6, 6.07) is 2.66. The predicted octanol–water partition coefficient (Wildman–Crippen LogP) is 2.11. The van der Waals surface area contributed by atoms with E-state index in [1.807, 2.05) is 0 Å². The van der Waals surface area contributed by atoms with Crippen LogP contribution in [-0.4, -0.2) is 27.4 Å². The molecule has 0 aliphatic carbocycles. The summed E-state index contributed by atoms with van der Waals surface area (Å²) in [5, 5.41) is 22.1. The average Bonchev–Trinajstić information content (AvgIpc) is 2.43. The predicted molar refractivity (Wildman–Crippen MR) is 71.5 cm³/mol. The lowest BCUT2D eigenvalue weighted by Gasteiger charge is -2.28. The molecule has 0 aliphatic heterocycles. The van der Waals surface area contributed by atoms with E-state index < -0.39 is 33.8 Å². The van der Waals surface area contributed by atoms with E-state index in [4.69, 9.17) is 0 Å². The normalized spacial score (nSPS) is 11.0. The molecule has 0 atom stereocenters. The number of benzene rings is 1. The maximum atomic E-state index is 13.5. The zero-order chi connectivity index (χ0) is 16.2. The Morgan fingerprint density at radius 3 is 2.33 bits per heavy atom. The van der Waals surface area contributed by atoms with Crippen molar-refractivity contribution in [3.63, 3.8) is 0 Å². The first kappa shape index (κ1) is 16.5. The number of nitro groups is 1. The summed E-state index contributed by atoms with van der Waals surface area (Å²) in [6.45, 7) is 3.21. The molecule has 21 heavy (non-hydrogen) atoms. The second kappa shape index (κ2) is 6.29. The molecular formula is C13H15FN2O5. The van der Waals surface area contributed by atoms with Crippen molar-refractivity contribution < 1.29 is 24.0 Å². The van der Waals surface area contributed by atoms with Crippen LogP contribution in [0.1, 0.15) is 37.0 Å². The van der Waals surface area contributed by atoms with E-state index in [0.29, 0.717) is 6.07 Å². The van der Waals surface area contributed by atoms with E-state index in [1.54, 1.807) is 13.8 Å². The Kier molecular flexibility index (Phi) is 4.96. The van der Waals surface area contributed by atoms with Crippen molar-refractivity contribution in [3.8, 4) is 0 Å². The summed E-state index contributed by atoms with van der Waals surface area (Å²) < 4.78 is 13.5. The summed E-state index contributed by atoms with van der Waals surface area (Å²) in [5.41, 5.74) is -2.37. The number of amides is 1. The highest BCUT2D eigenvalue weighted by Gasteiger charge is 2.36. The van der Waals surface area contributed by atoms with Gasteiger partial charge in [0.2, 0.25) is 5.82 Å². The largest absolute Gasteiger partial charge is 0.480 e. The van der Waals surface area contributed by atoms with Crippen molar-refractivity contribution in [2.24, 2.45) is 0 Å². The van der Waals surface area contributed by atoms with Crippen molar-refractivity contribution >= 4 is 17.6 Å². The minimum Gasteiger partial charge on any atom is -0.480 e. The first-order valence-corrected chi connectivity index (χ1v) is 6.27. The van der Waals surface area contributed by atoms with Crippen molar-refractivity contribution in [3.05, 3.63) is 39.7 Å². The highest BCUT2D eigenvalue weighted by Crippen LogP contribution is 2.20. The molecule has 2 N–H and O–H groups in total. The second-order valence-corrected chi connectivity index (χ2v) is 4.47. The van der Waals surface area contributed by atoms with Gasteiger partial charge in [0.15, 0.2) is 0 Å². The molecule has 0 aromatic heterocycles. The Morgan fingerprint density at radius 2 is 1.95 bits per heavy atom. The molecule has 1 amide bonds. The zero-order valence-corrected chi connectivity index (χ0v) is 11.6. The third-order valence-corrected chi connectivity index (χ3v) is 3.38. The van der Waals surface area contributed by atoms with Crippen LogP contribution in [0.5, 0.6) is 0 Å². The molecule has 0 radical (unpaired) electrons. The monoisotopic (exact) mass is 298 g/mol. The van der Waals surface area contributed by atoms with E-state index >= 15 is 0 Å². The van der Waals surface area contributed by atoms with Gasteiger partial charge >= 0.3 is 11.7 Å². The number of nitrogens with one attached hydrogen (secondary N) is 1. The number of hydrogen-bond donors (Lipinski definition) is 2. The van der Waals surface area contributed by atoms with Crippen LogP contribution >= 0.6 is 0 Å². The van der Waals surface area contributed by atoms with Gasteiger partial charge in [0, 0.05) is 11.6 Å². The third-order valence-electron chi connectivity index (χ3n) is 3.38. The zero-order valence-electron chi connectivity index (χ0n) is 11.6. The fourth-order valence-corrected chi connectivity index (χ4v) is 1.87. The molecule has 0 heterocycles. The summed E-state index contributed by atoms with van der Waals surface area (Å²) in [5.74, 6) is -3.14. The molecule has 1 aromatic carbocycles. The molecule has 114 valence electrons. The van der Waals surface area contributed by atoms with Gasteiger partial charge in [0.25, 0.3) is 5.91 Å². The summed E-state index contributed by atoms with van der Waals surface area (Å²) in [7, 11) is 0. The first-order valence-electron chi connectivity index (χ1n) is 6.27. The number of carbonyl (C=O) groups excluding carboxylic acids is 1. The van der Waals surface area contributed by atoms with Gasteiger partial charge in [-0.1, -0.05) is 13.8 Å². The summed E-state index contributed by atoms with van der Waals surface area (Å²) >= 11 is 0. The smallest absolute Gasteiger partial charge is 0.329 e. The molecule has 7 nitrogen and oxygen atoms in total. The number of carboxylic acid groups (broad SMARTS) is 1. The average molecular weight is 298 g/mol. The van der Waals surface area contributed by atoms with Gasteiger partial charge in [-0.05, 0) is 25.0 Å². The number of halogens is 1. The number of nitrogens with zero attached hydrogens (tertiary/aromatic N) is 1. The van der Waals surface area contributed by atoms with E-state index in [2.05, 4.69) is 5.32 Å². The van der Waals surface area contributed by atoms with Gasteiger partial charge in [0.1, 0.15) is 5.54 Å². The fourth-order valence-electron chi connectivity index (χ4n) is 1.87. The molecule has 0 saturated heterocycles. The van der Waals surface area contributed by atoms with E-state index in [9.17, 15) is 29.2 Å². The Bertz CT molecular complexity index is 584. The summed E-state index contributed by atoms with van der Waals surface area (Å²) in [4.78, 5) is 32.9. The maximum Gasteiger partial charge on any atom is 0.329 e. The Hall–Kier alpha value is -2.51. The minimum absolute atomic E-state index is 0.153. The second-order valence-electron chi connectivity index (χ2n) is 4.47. The van der Waals surface area contributed by atoms with Crippen LogP contribution < -0.4 is 5.32 Å². The first-order chi connectivity index (χ1) is 9.77. The number of hydrogen-bond acceptors (Lipinski definition) is 4. The van der Waals surface area contributed by atoms with E-state index in [-0.39, 0.29) is 18.4 Å². The molecular weight excluding hydrogens is 283 g/mol. The van der Waals surface area contributed by atoms with Crippen LogP contribution in [0.25, 0.3) is 0 Å². The van der Waals surface area contributed by atoms with Crippen LogP contribution in [0.4, 0.5) is 10.1 Å². The van der Waals surface area contributed by atoms with Crippen LogP contribution in [0.15, 0.2) is 18.2 Å².